The normalized spacial score (nSPS) is 10.2. The van der Waals surface area contributed by atoms with E-state index < -0.39 is 11.8 Å². The molecule has 0 aliphatic rings. The number of carbonyl (C=O) groups is 2. The summed E-state index contributed by atoms with van der Waals surface area (Å²) in [5.74, 6) is -2.03. The predicted octanol–water partition coefficient (Wildman–Crippen LogP) is -0.664. The second kappa shape index (κ2) is 5.50. The minimum absolute atomic E-state index is 0.118. The Balaban J connectivity index is 2.78. The molecule has 0 aliphatic carbocycles. The number of nitrogens with one attached hydrogen (secondary N) is 1. The number of methoxy groups -OCH3 is 1. The van der Waals surface area contributed by atoms with Gasteiger partial charge in [0.2, 0.25) is 0 Å². The number of hydrogen-bond acceptors (Lipinski definition) is 5. The van der Waals surface area contributed by atoms with E-state index in [1.165, 1.54) is 13.3 Å². The van der Waals surface area contributed by atoms with Crippen LogP contribution in [0.15, 0.2) is 23.3 Å². The fourth-order valence-corrected chi connectivity index (χ4v) is 1.02. The lowest BCUT2D eigenvalue weighted by Crippen LogP contribution is -2.32. The lowest BCUT2D eigenvalue weighted by molar-refractivity contribution is -0.137. The molecular formula is C10H11N3O4. The third-order valence-electron chi connectivity index (χ3n) is 1.84. The van der Waals surface area contributed by atoms with Crippen LogP contribution in [0.2, 0.25) is 0 Å². The number of hydrazone groups is 1. The van der Waals surface area contributed by atoms with E-state index in [2.05, 4.69) is 5.10 Å². The van der Waals surface area contributed by atoms with Crippen LogP contribution in [-0.4, -0.2) is 30.2 Å². The number of rotatable bonds is 3. The summed E-state index contributed by atoms with van der Waals surface area (Å²) in [5.41, 5.74) is 6.92. The molecule has 0 fully saturated rings. The highest BCUT2D eigenvalue weighted by Gasteiger charge is 2.07. The Morgan fingerprint density at radius 1 is 1.53 bits per heavy atom. The van der Waals surface area contributed by atoms with Gasteiger partial charge in [0.05, 0.1) is 13.3 Å². The zero-order valence-corrected chi connectivity index (χ0v) is 9.01. The number of nitrogens with zero attached hydrogens (tertiary/aromatic N) is 1. The minimum atomic E-state index is -1.14. The zero-order valence-electron chi connectivity index (χ0n) is 9.01. The fourth-order valence-electron chi connectivity index (χ4n) is 1.02. The van der Waals surface area contributed by atoms with E-state index in [9.17, 15) is 14.7 Å². The lowest BCUT2D eigenvalue weighted by atomic mass is 10.2. The van der Waals surface area contributed by atoms with Crippen LogP contribution in [0.5, 0.6) is 11.5 Å². The number of para-hydroxylation sites is 1. The molecule has 1 aromatic rings. The van der Waals surface area contributed by atoms with Gasteiger partial charge >= 0.3 is 11.8 Å². The topological polar surface area (TPSA) is 114 Å². The summed E-state index contributed by atoms with van der Waals surface area (Å²) in [7, 11) is 1.41. The van der Waals surface area contributed by atoms with Gasteiger partial charge in [-0.1, -0.05) is 6.07 Å². The first kappa shape index (κ1) is 12.5. The molecule has 0 radical (unpaired) electrons. The van der Waals surface area contributed by atoms with Gasteiger partial charge in [-0.3, -0.25) is 9.59 Å². The second-order valence-corrected chi connectivity index (χ2v) is 2.96. The average Bonchev–Trinajstić information content (AvgIpc) is 2.31. The van der Waals surface area contributed by atoms with Crippen LogP contribution in [0.25, 0.3) is 0 Å². The smallest absolute Gasteiger partial charge is 0.329 e. The van der Waals surface area contributed by atoms with Crippen molar-refractivity contribution in [3.8, 4) is 11.5 Å². The van der Waals surface area contributed by atoms with Crippen molar-refractivity contribution < 1.29 is 19.4 Å². The van der Waals surface area contributed by atoms with E-state index in [4.69, 9.17) is 10.5 Å². The molecule has 7 heteroatoms. The van der Waals surface area contributed by atoms with Gasteiger partial charge < -0.3 is 15.6 Å². The van der Waals surface area contributed by atoms with Crippen LogP contribution in [-0.2, 0) is 9.59 Å². The number of primary amides is 1. The van der Waals surface area contributed by atoms with Gasteiger partial charge in [0, 0.05) is 5.56 Å². The van der Waals surface area contributed by atoms with Crippen LogP contribution < -0.4 is 15.9 Å². The summed E-state index contributed by atoms with van der Waals surface area (Å²) < 4.78 is 4.88. The molecule has 0 unspecified atom stereocenters. The Morgan fingerprint density at radius 3 is 2.82 bits per heavy atom. The standard InChI is InChI=1S/C10H11N3O4/c1-17-7-4-2-3-6(8(7)14)5-12-13-10(16)9(11)15/h2-5,14H,1H3,(H2,11,15)(H,13,16). The number of phenols is 1. The SMILES string of the molecule is COc1cccc(C=NNC(=O)C(N)=O)c1O. The minimum Gasteiger partial charge on any atom is -0.504 e. The molecule has 0 heterocycles. The molecule has 7 nitrogen and oxygen atoms in total. The van der Waals surface area contributed by atoms with Gasteiger partial charge in [0.25, 0.3) is 0 Å². The second-order valence-electron chi connectivity index (χ2n) is 2.96. The van der Waals surface area contributed by atoms with Crippen molar-refractivity contribution in [2.24, 2.45) is 10.8 Å². The maximum absolute atomic E-state index is 10.8. The number of amides is 2. The van der Waals surface area contributed by atoms with E-state index in [1.807, 2.05) is 5.43 Å². The highest BCUT2D eigenvalue weighted by atomic mass is 16.5. The number of phenolic OH excluding ortho intramolecular Hbond substituents is 1. The van der Waals surface area contributed by atoms with E-state index in [0.29, 0.717) is 5.56 Å². The number of benzene rings is 1. The predicted molar refractivity (Wildman–Crippen MR) is 59.6 cm³/mol. The molecule has 1 rings (SSSR count). The summed E-state index contributed by atoms with van der Waals surface area (Å²) >= 11 is 0. The molecule has 0 atom stereocenters. The zero-order chi connectivity index (χ0) is 12.8. The maximum Gasteiger partial charge on any atom is 0.329 e. The monoisotopic (exact) mass is 237 g/mol. The van der Waals surface area contributed by atoms with Gasteiger partial charge in [-0.25, -0.2) is 5.43 Å². The molecule has 0 aliphatic heterocycles. The van der Waals surface area contributed by atoms with E-state index in [0.717, 1.165) is 0 Å². The first-order valence-electron chi connectivity index (χ1n) is 4.55. The third-order valence-corrected chi connectivity index (χ3v) is 1.84. The first-order valence-corrected chi connectivity index (χ1v) is 4.55. The van der Waals surface area contributed by atoms with Gasteiger partial charge in [0.1, 0.15) is 0 Å². The highest BCUT2D eigenvalue weighted by Crippen LogP contribution is 2.27. The van der Waals surface area contributed by atoms with Gasteiger partial charge in [0.15, 0.2) is 11.5 Å². The molecule has 2 amide bonds. The molecule has 1 aromatic carbocycles. The molecule has 0 saturated carbocycles. The number of nitrogens with two attached hydrogens (primary N) is 1. The first-order chi connectivity index (χ1) is 8.06. The van der Waals surface area contributed by atoms with E-state index >= 15 is 0 Å². The van der Waals surface area contributed by atoms with Crippen molar-refractivity contribution in [1.82, 2.24) is 5.43 Å². The molecule has 0 spiro atoms. The number of aromatic hydroxyl groups is 1. The largest absolute Gasteiger partial charge is 0.504 e. The van der Waals surface area contributed by atoms with Crippen LogP contribution >= 0.6 is 0 Å². The quantitative estimate of drug-likeness (QED) is 0.367. The molecule has 0 aromatic heterocycles. The van der Waals surface area contributed by atoms with Gasteiger partial charge in [-0.05, 0) is 12.1 Å². The van der Waals surface area contributed by atoms with E-state index in [-0.39, 0.29) is 11.5 Å². The Labute approximate surface area is 96.9 Å². The summed E-state index contributed by atoms with van der Waals surface area (Å²) in [6.07, 6.45) is 1.17. The van der Waals surface area contributed by atoms with Crippen LogP contribution in [0.1, 0.15) is 5.56 Å². The number of hydrogen-bond donors (Lipinski definition) is 3. The highest BCUT2D eigenvalue weighted by molar-refractivity contribution is 6.34. The third kappa shape index (κ3) is 3.20. The van der Waals surface area contributed by atoms with Crippen LogP contribution in [0, 0.1) is 0 Å². The van der Waals surface area contributed by atoms with Crippen molar-refractivity contribution in [2.75, 3.05) is 7.11 Å². The Bertz CT molecular complexity index is 471. The number of ether oxygens (including phenoxy) is 1. The van der Waals surface area contributed by atoms with Crippen LogP contribution in [0.3, 0.4) is 0 Å². The van der Waals surface area contributed by atoms with Crippen molar-refractivity contribution in [1.29, 1.82) is 0 Å². The summed E-state index contributed by atoms with van der Waals surface area (Å²) in [5, 5.41) is 13.1. The van der Waals surface area contributed by atoms with Crippen molar-refractivity contribution >= 4 is 18.0 Å². The Hall–Kier alpha value is -2.57. The summed E-state index contributed by atoms with van der Waals surface area (Å²) in [6, 6.07) is 4.75. The maximum atomic E-state index is 10.8. The molecule has 0 bridgehead atoms. The molecule has 0 saturated heterocycles. The lowest BCUT2D eigenvalue weighted by Gasteiger charge is -2.04. The van der Waals surface area contributed by atoms with Gasteiger partial charge in [-0.2, -0.15) is 5.10 Å². The Kier molecular flexibility index (Phi) is 4.04. The van der Waals surface area contributed by atoms with Crippen molar-refractivity contribution in [2.45, 2.75) is 0 Å². The molecular weight excluding hydrogens is 226 g/mol. The van der Waals surface area contributed by atoms with Crippen molar-refractivity contribution in [3.05, 3.63) is 23.8 Å². The molecule has 17 heavy (non-hydrogen) atoms. The molecule has 4 N–H and O–H groups in total. The summed E-state index contributed by atoms with van der Waals surface area (Å²) in [4.78, 5) is 21.1. The van der Waals surface area contributed by atoms with E-state index in [1.54, 1.807) is 18.2 Å². The fraction of sp³-hybridized carbons (Fsp3) is 0.100. The average molecular weight is 237 g/mol. The Morgan fingerprint density at radius 2 is 2.24 bits per heavy atom. The number of carbonyl (C=O) groups excluding carboxylic acids is 2. The van der Waals surface area contributed by atoms with Crippen molar-refractivity contribution in [3.63, 3.8) is 0 Å². The van der Waals surface area contributed by atoms with Gasteiger partial charge in [-0.15, -0.1) is 0 Å². The molecule has 90 valence electrons. The summed E-state index contributed by atoms with van der Waals surface area (Å²) in [6.45, 7) is 0. The van der Waals surface area contributed by atoms with Crippen LogP contribution in [0.4, 0.5) is 0 Å².